The lowest BCUT2D eigenvalue weighted by molar-refractivity contribution is 0.471. The molecule has 0 saturated heterocycles. The van der Waals surface area contributed by atoms with Gasteiger partial charge in [0.05, 0.1) is 5.69 Å². The molecule has 3 nitrogen and oxygen atoms in total. The molecule has 0 atom stereocenters. The van der Waals surface area contributed by atoms with Gasteiger partial charge in [-0.2, -0.15) is 0 Å². The van der Waals surface area contributed by atoms with Crippen molar-refractivity contribution in [2.75, 3.05) is 6.54 Å². The first-order chi connectivity index (χ1) is 10.1. The maximum Gasteiger partial charge on any atom is 0.148 e. The van der Waals surface area contributed by atoms with Crippen molar-refractivity contribution >= 4 is 0 Å². The summed E-state index contributed by atoms with van der Waals surface area (Å²) in [6, 6.07) is 10.2. The third kappa shape index (κ3) is 4.57. The van der Waals surface area contributed by atoms with Crippen molar-refractivity contribution in [2.45, 2.75) is 34.2 Å². The van der Waals surface area contributed by atoms with Gasteiger partial charge in [-0.05, 0) is 55.6 Å². The van der Waals surface area contributed by atoms with Crippen molar-refractivity contribution in [3.8, 4) is 11.5 Å². The maximum atomic E-state index is 5.95. The number of ether oxygens (including phenoxy) is 1. The Morgan fingerprint density at radius 2 is 1.95 bits per heavy atom. The molecule has 1 heterocycles. The van der Waals surface area contributed by atoms with Gasteiger partial charge in [-0.25, -0.2) is 0 Å². The minimum atomic E-state index is 0.669. The summed E-state index contributed by atoms with van der Waals surface area (Å²) < 4.78 is 5.95. The number of nitrogens with one attached hydrogen (secondary N) is 1. The molecule has 1 N–H and O–H groups in total. The summed E-state index contributed by atoms with van der Waals surface area (Å²) in [5.41, 5.74) is 3.32. The second-order valence-electron chi connectivity index (χ2n) is 5.81. The molecular formula is C18H24N2O. The number of aryl methyl sites for hydroxylation is 2. The molecule has 0 fully saturated rings. The molecule has 2 rings (SSSR count). The Morgan fingerprint density at radius 1 is 1.14 bits per heavy atom. The van der Waals surface area contributed by atoms with Crippen LogP contribution in [0.5, 0.6) is 11.5 Å². The highest BCUT2D eigenvalue weighted by atomic mass is 16.5. The van der Waals surface area contributed by atoms with E-state index in [1.165, 1.54) is 5.56 Å². The quantitative estimate of drug-likeness (QED) is 0.861. The van der Waals surface area contributed by atoms with E-state index in [1.807, 2.05) is 25.1 Å². The monoisotopic (exact) mass is 284 g/mol. The summed E-state index contributed by atoms with van der Waals surface area (Å²) >= 11 is 0. The molecule has 112 valence electrons. The molecule has 0 aliphatic heterocycles. The van der Waals surface area contributed by atoms with Gasteiger partial charge in [0.25, 0.3) is 0 Å². The fraction of sp³-hybridized carbons (Fsp3) is 0.389. The molecule has 0 radical (unpaired) electrons. The number of benzene rings is 1. The van der Waals surface area contributed by atoms with Crippen molar-refractivity contribution in [3.63, 3.8) is 0 Å². The standard InChI is InChI=1S/C18H24N2O/c1-13(2)11-19-12-16-7-8-17(14(3)10-16)21-18-6-5-9-20-15(18)4/h5-10,13,19H,11-12H2,1-4H3. The van der Waals surface area contributed by atoms with Crippen molar-refractivity contribution in [1.29, 1.82) is 0 Å². The number of hydrogen-bond donors (Lipinski definition) is 1. The van der Waals surface area contributed by atoms with Gasteiger partial charge in [0, 0.05) is 12.7 Å². The number of pyridine rings is 1. The molecule has 1 aromatic heterocycles. The fourth-order valence-electron chi connectivity index (χ4n) is 2.14. The van der Waals surface area contributed by atoms with E-state index in [0.717, 1.165) is 35.8 Å². The zero-order valence-corrected chi connectivity index (χ0v) is 13.3. The molecule has 0 unspecified atom stereocenters. The predicted molar refractivity (Wildman–Crippen MR) is 86.8 cm³/mol. The van der Waals surface area contributed by atoms with Crippen LogP contribution in [0.15, 0.2) is 36.5 Å². The van der Waals surface area contributed by atoms with Crippen molar-refractivity contribution in [2.24, 2.45) is 5.92 Å². The van der Waals surface area contributed by atoms with Crippen LogP contribution < -0.4 is 10.1 Å². The van der Waals surface area contributed by atoms with Crippen LogP contribution in [0.4, 0.5) is 0 Å². The highest BCUT2D eigenvalue weighted by molar-refractivity contribution is 5.40. The van der Waals surface area contributed by atoms with E-state index in [1.54, 1.807) is 6.20 Å². The summed E-state index contributed by atoms with van der Waals surface area (Å²) in [7, 11) is 0. The van der Waals surface area contributed by atoms with Gasteiger partial charge in [-0.15, -0.1) is 0 Å². The summed E-state index contributed by atoms with van der Waals surface area (Å²) in [5, 5.41) is 3.46. The van der Waals surface area contributed by atoms with Gasteiger partial charge < -0.3 is 10.1 Å². The molecule has 0 amide bonds. The molecule has 3 heteroatoms. The smallest absolute Gasteiger partial charge is 0.148 e. The molecule has 1 aromatic carbocycles. The van der Waals surface area contributed by atoms with Crippen LogP contribution in [0, 0.1) is 19.8 Å². The lowest BCUT2D eigenvalue weighted by Crippen LogP contribution is -2.18. The molecule has 0 aliphatic rings. The van der Waals surface area contributed by atoms with Crippen LogP contribution in [0.25, 0.3) is 0 Å². The molecular weight excluding hydrogens is 260 g/mol. The second-order valence-corrected chi connectivity index (χ2v) is 5.81. The number of aromatic nitrogens is 1. The Bertz CT molecular complexity index is 594. The van der Waals surface area contributed by atoms with Gasteiger partial charge >= 0.3 is 0 Å². The number of rotatable bonds is 6. The first-order valence-corrected chi connectivity index (χ1v) is 7.46. The van der Waals surface area contributed by atoms with Gasteiger partial charge in [0.1, 0.15) is 11.5 Å². The van der Waals surface area contributed by atoms with E-state index >= 15 is 0 Å². The van der Waals surface area contributed by atoms with E-state index < -0.39 is 0 Å². The lowest BCUT2D eigenvalue weighted by atomic mass is 10.1. The van der Waals surface area contributed by atoms with Crippen LogP contribution in [0.2, 0.25) is 0 Å². The van der Waals surface area contributed by atoms with E-state index in [4.69, 9.17) is 4.74 Å². The Labute approximate surface area is 127 Å². The van der Waals surface area contributed by atoms with Crippen LogP contribution in [0.3, 0.4) is 0 Å². The average Bonchev–Trinajstić information content (AvgIpc) is 2.43. The lowest BCUT2D eigenvalue weighted by Gasteiger charge is -2.12. The zero-order chi connectivity index (χ0) is 15.2. The highest BCUT2D eigenvalue weighted by Crippen LogP contribution is 2.27. The van der Waals surface area contributed by atoms with Crippen molar-refractivity contribution in [3.05, 3.63) is 53.3 Å². The Hall–Kier alpha value is -1.87. The van der Waals surface area contributed by atoms with E-state index in [2.05, 4.69) is 43.2 Å². The third-order valence-electron chi connectivity index (χ3n) is 3.30. The minimum Gasteiger partial charge on any atom is -0.455 e. The van der Waals surface area contributed by atoms with E-state index in [9.17, 15) is 0 Å². The average molecular weight is 284 g/mol. The topological polar surface area (TPSA) is 34.1 Å². The van der Waals surface area contributed by atoms with Crippen LogP contribution >= 0.6 is 0 Å². The SMILES string of the molecule is Cc1cc(CNCC(C)C)ccc1Oc1cccnc1C. The van der Waals surface area contributed by atoms with Crippen LogP contribution in [-0.4, -0.2) is 11.5 Å². The van der Waals surface area contributed by atoms with Gasteiger partial charge in [0.15, 0.2) is 0 Å². The van der Waals surface area contributed by atoms with Crippen molar-refractivity contribution in [1.82, 2.24) is 10.3 Å². The van der Waals surface area contributed by atoms with Crippen LogP contribution in [-0.2, 0) is 6.54 Å². The summed E-state index contributed by atoms with van der Waals surface area (Å²) in [5.74, 6) is 2.37. The van der Waals surface area contributed by atoms with Gasteiger partial charge in [-0.3, -0.25) is 4.98 Å². The Kier molecular flexibility index (Phi) is 5.34. The summed E-state index contributed by atoms with van der Waals surface area (Å²) in [4.78, 5) is 4.24. The molecule has 0 saturated carbocycles. The number of nitrogens with zero attached hydrogens (tertiary/aromatic N) is 1. The Morgan fingerprint density at radius 3 is 2.62 bits per heavy atom. The first kappa shape index (κ1) is 15.5. The van der Waals surface area contributed by atoms with E-state index in [0.29, 0.717) is 5.92 Å². The third-order valence-corrected chi connectivity index (χ3v) is 3.30. The highest BCUT2D eigenvalue weighted by Gasteiger charge is 2.05. The molecule has 0 aliphatic carbocycles. The summed E-state index contributed by atoms with van der Waals surface area (Å²) in [6.07, 6.45) is 1.78. The van der Waals surface area contributed by atoms with E-state index in [-0.39, 0.29) is 0 Å². The second kappa shape index (κ2) is 7.23. The summed E-state index contributed by atoms with van der Waals surface area (Å²) in [6.45, 7) is 10.4. The normalized spacial score (nSPS) is 10.9. The molecule has 2 aromatic rings. The zero-order valence-electron chi connectivity index (χ0n) is 13.3. The maximum absolute atomic E-state index is 5.95. The Balaban J connectivity index is 2.04. The largest absolute Gasteiger partial charge is 0.455 e. The molecule has 0 bridgehead atoms. The van der Waals surface area contributed by atoms with Gasteiger partial charge in [-0.1, -0.05) is 26.0 Å². The van der Waals surface area contributed by atoms with Crippen molar-refractivity contribution < 1.29 is 4.74 Å². The predicted octanol–water partition coefficient (Wildman–Crippen LogP) is 4.24. The minimum absolute atomic E-state index is 0.669. The first-order valence-electron chi connectivity index (χ1n) is 7.46. The van der Waals surface area contributed by atoms with Crippen LogP contribution in [0.1, 0.15) is 30.7 Å². The molecule has 21 heavy (non-hydrogen) atoms. The molecule has 0 spiro atoms. The fourth-order valence-corrected chi connectivity index (χ4v) is 2.14. The number of hydrogen-bond acceptors (Lipinski definition) is 3. The van der Waals surface area contributed by atoms with Gasteiger partial charge in [0.2, 0.25) is 0 Å².